The van der Waals surface area contributed by atoms with Crippen LogP contribution in [0.5, 0.6) is 0 Å². The van der Waals surface area contributed by atoms with Crippen LogP contribution in [0.1, 0.15) is 41.9 Å². The average molecular weight is 418 g/mol. The molecule has 9 heteroatoms. The summed E-state index contributed by atoms with van der Waals surface area (Å²) in [5.41, 5.74) is 4.41. The predicted octanol–water partition coefficient (Wildman–Crippen LogP) is 4.53. The van der Waals surface area contributed by atoms with Crippen molar-refractivity contribution in [2.75, 3.05) is 10.6 Å². The quantitative estimate of drug-likeness (QED) is 0.555. The van der Waals surface area contributed by atoms with Crippen LogP contribution in [-0.2, 0) is 6.18 Å². The van der Waals surface area contributed by atoms with Crippen molar-refractivity contribution in [1.29, 1.82) is 5.26 Å². The number of hydrogen-bond acceptors (Lipinski definition) is 3. The van der Waals surface area contributed by atoms with Gasteiger partial charge in [0.15, 0.2) is 0 Å². The Morgan fingerprint density at radius 2 is 1.90 bits per heavy atom. The van der Waals surface area contributed by atoms with E-state index in [1.807, 2.05) is 0 Å². The molecule has 4 rings (SSSR count). The Hall–Kier alpha value is -3.28. The lowest BCUT2D eigenvalue weighted by molar-refractivity contribution is -0.137. The first-order valence-corrected chi connectivity index (χ1v) is 9.48. The van der Waals surface area contributed by atoms with Crippen molar-refractivity contribution in [3.05, 3.63) is 58.9 Å². The van der Waals surface area contributed by atoms with Gasteiger partial charge in [-0.05, 0) is 36.6 Å². The van der Waals surface area contributed by atoms with Gasteiger partial charge in [0.1, 0.15) is 5.82 Å². The summed E-state index contributed by atoms with van der Waals surface area (Å²) in [6.07, 6.45) is -3.08. The number of nitrogens with one attached hydrogen (secondary N) is 1. The minimum absolute atomic E-state index is 0.0155. The molecule has 1 saturated carbocycles. The molecule has 2 amide bonds. The van der Waals surface area contributed by atoms with E-state index in [1.165, 1.54) is 24.3 Å². The number of carbonyl (C=O) groups excluding carboxylic acids is 1. The van der Waals surface area contributed by atoms with Crippen molar-refractivity contribution in [2.24, 2.45) is 0 Å². The fourth-order valence-corrected chi connectivity index (χ4v) is 4.67. The molecule has 2 aromatic carbocycles. The van der Waals surface area contributed by atoms with Crippen LogP contribution in [0.25, 0.3) is 0 Å². The maximum absolute atomic E-state index is 14.0. The lowest BCUT2D eigenvalue weighted by atomic mass is 9.77. The number of alkyl halides is 3. The minimum Gasteiger partial charge on any atom is -0.396 e. The Kier molecular flexibility index (Phi) is 4.80. The van der Waals surface area contributed by atoms with Crippen molar-refractivity contribution in [2.45, 2.75) is 43.4 Å². The number of nitriles is 1. The molecule has 0 bridgehead atoms. The van der Waals surface area contributed by atoms with E-state index >= 15 is 0 Å². The first kappa shape index (κ1) is 20.0. The molecule has 156 valence electrons. The van der Waals surface area contributed by atoms with Crippen molar-refractivity contribution >= 4 is 17.4 Å². The number of halogens is 4. The molecule has 0 radical (unpaired) electrons. The van der Waals surface area contributed by atoms with Crippen LogP contribution in [0.2, 0.25) is 0 Å². The van der Waals surface area contributed by atoms with Crippen molar-refractivity contribution in [1.82, 2.24) is 5.32 Å². The summed E-state index contributed by atoms with van der Waals surface area (Å²) in [6, 6.07) is 7.84. The first-order chi connectivity index (χ1) is 14.2. The van der Waals surface area contributed by atoms with E-state index in [0.717, 1.165) is 11.0 Å². The van der Waals surface area contributed by atoms with Crippen molar-refractivity contribution < 1.29 is 22.4 Å². The van der Waals surface area contributed by atoms with Crippen LogP contribution in [0, 0.1) is 17.1 Å². The number of carbonyl (C=O) groups is 1. The SMILES string of the molecule is N#Cc1cccc(N2C(=O)NC3C(c4cccc(F)c4N)CCCC32)c1C(F)(F)F. The summed E-state index contributed by atoms with van der Waals surface area (Å²) in [5.74, 6) is -0.904. The van der Waals surface area contributed by atoms with E-state index in [0.29, 0.717) is 24.8 Å². The standard InChI is InChI=1S/C21H18F4N4O/c22-14-7-2-5-12(18(14)27)13-6-3-9-16-19(13)28-20(30)29(16)15-8-1-4-11(10-26)17(15)21(23,24)25/h1-2,4-5,7-8,13,16,19H,3,6,9,27H2,(H,28,30). The molecule has 30 heavy (non-hydrogen) atoms. The highest BCUT2D eigenvalue weighted by molar-refractivity contribution is 5.97. The van der Waals surface area contributed by atoms with Gasteiger partial charge in [-0.2, -0.15) is 18.4 Å². The van der Waals surface area contributed by atoms with E-state index in [4.69, 9.17) is 5.73 Å². The van der Waals surface area contributed by atoms with E-state index in [-0.39, 0.29) is 17.3 Å². The predicted molar refractivity (Wildman–Crippen MR) is 102 cm³/mol. The highest BCUT2D eigenvalue weighted by Gasteiger charge is 2.49. The Labute approximate surface area is 170 Å². The number of amides is 2. The highest BCUT2D eigenvalue weighted by Crippen LogP contribution is 2.45. The first-order valence-electron chi connectivity index (χ1n) is 9.48. The summed E-state index contributed by atoms with van der Waals surface area (Å²) < 4.78 is 55.3. The van der Waals surface area contributed by atoms with Crippen LogP contribution < -0.4 is 16.0 Å². The van der Waals surface area contributed by atoms with Gasteiger partial charge in [-0.25, -0.2) is 9.18 Å². The van der Waals surface area contributed by atoms with Crippen LogP contribution in [0.4, 0.5) is 33.7 Å². The number of anilines is 2. The largest absolute Gasteiger partial charge is 0.419 e. The molecule has 3 atom stereocenters. The zero-order valence-electron chi connectivity index (χ0n) is 15.7. The Bertz CT molecular complexity index is 1050. The zero-order chi connectivity index (χ0) is 21.6. The minimum atomic E-state index is -4.80. The molecule has 0 aromatic heterocycles. The summed E-state index contributed by atoms with van der Waals surface area (Å²) >= 11 is 0. The van der Waals surface area contributed by atoms with Gasteiger partial charge in [-0.3, -0.25) is 4.90 Å². The Morgan fingerprint density at radius 1 is 1.17 bits per heavy atom. The maximum atomic E-state index is 14.0. The zero-order valence-corrected chi connectivity index (χ0v) is 15.7. The second-order valence-electron chi connectivity index (χ2n) is 7.50. The van der Waals surface area contributed by atoms with E-state index in [9.17, 15) is 27.6 Å². The van der Waals surface area contributed by atoms with E-state index in [1.54, 1.807) is 12.1 Å². The van der Waals surface area contributed by atoms with Crippen LogP contribution >= 0.6 is 0 Å². The van der Waals surface area contributed by atoms with Gasteiger partial charge in [-0.1, -0.05) is 24.6 Å². The summed E-state index contributed by atoms with van der Waals surface area (Å²) in [5, 5.41) is 12.0. The van der Waals surface area contributed by atoms with Gasteiger partial charge >= 0.3 is 12.2 Å². The molecule has 1 aliphatic carbocycles. The number of fused-ring (bicyclic) bond motifs is 1. The number of nitrogen functional groups attached to an aromatic ring is 1. The van der Waals surface area contributed by atoms with Crippen molar-refractivity contribution in [3.63, 3.8) is 0 Å². The second-order valence-corrected chi connectivity index (χ2v) is 7.50. The van der Waals surface area contributed by atoms with Gasteiger partial charge in [0, 0.05) is 5.92 Å². The highest BCUT2D eigenvalue weighted by atomic mass is 19.4. The third-order valence-electron chi connectivity index (χ3n) is 5.90. The number of rotatable bonds is 2. The number of nitrogens with two attached hydrogens (primary N) is 1. The lowest BCUT2D eigenvalue weighted by Crippen LogP contribution is -2.44. The number of benzene rings is 2. The molecule has 3 N–H and O–H groups in total. The van der Waals surface area contributed by atoms with E-state index < -0.39 is 41.2 Å². The number of nitrogens with zero attached hydrogens (tertiary/aromatic N) is 2. The number of hydrogen-bond donors (Lipinski definition) is 2. The molecule has 2 aromatic rings. The summed E-state index contributed by atoms with van der Waals surface area (Å²) in [6.45, 7) is 0. The van der Waals surface area contributed by atoms with E-state index in [2.05, 4.69) is 5.32 Å². The Balaban J connectivity index is 1.78. The number of urea groups is 1. The van der Waals surface area contributed by atoms with Gasteiger partial charge in [0.05, 0.1) is 40.7 Å². The smallest absolute Gasteiger partial charge is 0.396 e. The molecule has 3 unspecified atom stereocenters. The fourth-order valence-electron chi connectivity index (χ4n) is 4.67. The number of para-hydroxylation sites is 1. The topological polar surface area (TPSA) is 82.2 Å². The molecule has 0 spiro atoms. The normalized spacial score (nSPS) is 23.6. The fraction of sp³-hybridized carbons (Fsp3) is 0.333. The summed E-state index contributed by atoms with van der Waals surface area (Å²) in [4.78, 5) is 13.9. The molecule has 2 fully saturated rings. The average Bonchev–Trinajstić information content (AvgIpc) is 3.04. The van der Waals surface area contributed by atoms with Gasteiger partial charge < -0.3 is 11.1 Å². The monoisotopic (exact) mass is 418 g/mol. The Morgan fingerprint density at radius 3 is 2.60 bits per heavy atom. The molecule has 5 nitrogen and oxygen atoms in total. The summed E-state index contributed by atoms with van der Waals surface area (Å²) in [7, 11) is 0. The van der Waals surface area contributed by atoms with Crippen molar-refractivity contribution in [3.8, 4) is 6.07 Å². The van der Waals surface area contributed by atoms with Gasteiger partial charge in [-0.15, -0.1) is 0 Å². The maximum Gasteiger partial charge on any atom is 0.419 e. The molecule has 2 aliphatic rings. The van der Waals surface area contributed by atoms with Crippen LogP contribution in [-0.4, -0.2) is 18.1 Å². The molecule has 1 heterocycles. The van der Waals surface area contributed by atoms with Gasteiger partial charge in [0.25, 0.3) is 0 Å². The van der Waals surface area contributed by atoms with Crippen LogP contribution in [0.15, 0.2) is 36.4 Å². The molecule has 1 saturated heterocycles. The molecular formula is C21H18F4N4O. The van der Waals surface area contributed by atoms with Gasteiger partial charge in [0.2, 0.25) is 0 Å². The third kappa shape index (κ3) is 3.12. The van der Waals surface area contributed by atoms with Crippen LogP contribution in [0.3, 0.4) is 0 Å². The molecule has 1 aliphatic heterocycles. The second kappa shape index (κ2) is 7.20. The molecular weight excluding hydrogens is 400 g/mol. The third-order valence-corrected chi connectivity index (χ3v) is 5.90. The lowest BCUT2D eigenvalue weighted by Gasteiger charge is -2.37.